The van der Waals surface area contributed by atoms with Crippen LogP contribution in [0.5, 0.6) is 0 Å². The van der Waals surface area contributed by atoms with Crippen molar-refractivity contribution in [1.82, 2.24) is 5.32 Å². The molecule has 1 spiro atoms. The molecule has 2 aliphatic heterocycles. The topological polar surface area (TPSA) is 58.6 Å². The molecule has 1 aromatic rings. The molecule has 1 amide bonds. The van der Waals surface area contributed by atoms with Gasteiger partial charge in [-0.05, 0) is 12.5 Å². The van der Waals surface area contributed by atoms with E-state index < -0.39 is 5.54 Å². The Balaban J connectivity index is 2.12. The molecule has 1 aromatic carbocycles. The van der Waals surface area contributed by atoms with E-state index in [1.54, 1.807) is 11.9 Å². The minimum Gasteiger partial charge on any atom is -0.469 e. The van der Waals surface area contributed by atoms with Crippen molar-refractivity contribution in [3.63, 3.8) is 0 Å². The molecule has 0 aliphatic carbocycles. The SMILES string of the molecule is CCC[C@@H]1N[C@@]2(C(=O)N(C)c3ccccc32)[C@@H](C)[C@@H]1C(=O)OC. The molecular weight excluding hydrogens is 292 g/mol. The van der Waals surface area contributed by atoms with Gasteiger partial charge in [-0.2, -0.15) is 0 Å². The summed E-state index contributed by atoms with van der Waals surface area (Å²) in [5.74, 6) is -0.701. The maximum atomic E-state index is 13.1. The van der Waals surface area contributed by atoms with Crippen LogP contribution in [0.1, 0.15) is 32.3 Å². The quantitative estimate of drug-likeness (QED) is 0.867. The highest BCUT2D eigenvalue weighted by Gasteiger charge is 2.62. The Morgan fingerprint density at radius 1 is 1.39 bits per heavy atom. The Morgan fingerprint density at radius 2 is 2.09 bits per heavy atom. The number of esters is 1. The number of anilines is 1. The van der Waals surface area contributed by atoms with Gasteiger partial charge in [-0.1, -0.05) is 38.5 Å². The second-order valence-corrected chi connectivity index (χ2v) is 6.57. The number of carbonyl (C=O) groups excluding carboxylic acids is 2. The number of amides is 1. The van der Waals surface area contributed by atoms with Crippen molar-refractivity contribution in [2.24, 2.45) is 11.8 Å². The molecule has 1 fully saturated rings. The summed E-state index contributed by atoms with van der Waals surface area (Å²) >= 11 is 0. The van der Waals surface area contributed by atoms with Gasteiger partial charge in [0.15, 0.2) is 0 Å². The third-order valence-corrected chi connectivity index (χ3v) is 5.47. The number of hydrogen-bond donors (Lipinski definition) is 1. The molecule has 1 saturated heterocycles. The van der Waals surface area contributed by atoms with E-state index in [0.29, 0.717) is 0 Å². The summed E-state index contributed by atoms with van der Waals surface area (Å²) in [6, 6.07) is 7.77. The van der Waals surface area contributed by atoms with Crippen molar-refractivity contribution in [3.8, 4) is 0 Å². The Hall–Kier alpha value is -1.88. The van der Waals surface area contributed by atoms with Crippen LogP contribution < -0.4 is 10.2 Å². The van der Waals surface area contributed by atoms with Gasteiger partial charge in [0, 0.05) is 30.3 Å². The van der Waals surface area contributed by atoms with E-state index >= 15 is 0 Å². The molecular formula is C18H24N2O3. The molecule has 2 heterocycles. The van der Waals surface area contributed by atoms with Crippen LogP contribution in [0.4, 0.5) is 5.69 Å². The smallest absolute Gasteiger partial charge is 0.310 e. The zero-order valence-electron chi connectivity index (χ0n) is 14.1. The summed E-state index contributed by atoms with van der Waals surface area (Å²) in [5.41, 5.74) is 1.05. The highest BCUT2D eigenvalue weighted by molar-refractivity contribution is 6.08. The minimum atomic E-state index is -0.829. The second-order valence-electron chi connectivity index (χ2n) is 6.57. The molecule has 0 unspecified atom stereocenters. The van der Waals surface area contributed by atoms with Gasteiger partial charge in [-0.3, -0.25) is 14.9 Å². The van der Waals surface area contributed by atoms with Gasteiger partial charge in [0.05, 0.1) is 13.0 Å². The van der Waals surface area contributed by atoms with Gasteiger partial charge in [0.2, 0.25) is 0 Å². The van der Waals surface area contributed by atoms with Gasteiger partial charge < -0.3 is 9.64 Å². The molecule has 124 valence electrons. The third-order valence-electron chi connectivity index (χ3n) is 5.47. The first-order valence-corrected chi connectivity index (χ1v) is 8.22. The van der Waals surface area contributed by atoms with Crippen LogP contribution in [-0.2, 0) is 19.9 Å². The molecule has 0 bridgehead atoms. The van der Waals surface area contributed by atoms with Crippen molar-refractivity contribution in [2.45, 2.75) is 38.3 Å². The van der Waals surface area contributed by atoms with Crippen LogP contribution in [0, 0.1) is 11.8 Å². The third kappa shape index (κ3) is 2.02. The van der Waals surface area contributed by atoms with Gasteiger partial charge in [-0.25, -0.2) is 0 Å². The van der Waals surface area contributed by atoms with E-state index in [2.05, 4.69) is 12.2 Å². The zero-order valence-corrected chi connectivity index (χ0v) is 14.1. The summed E-state index contributed by atoms with van der Waals surface area (Å²) in [6.45, 7) is 4.07. The van der Waals surface area contributed by atoms with Crippen LogP contribution in [-0.4, -0.2) is 32.1 Å². The number of carbonyl (C=O) groups is 2. The normalized spacial score (nSPS) is 32.4. The number of nitrogens with zero attached hydrogens (tertiary/aromatic N) is 1. The molecule has 4 atom stereocenters. The van der Waals surface area contributed by atoms with E-state index in [1.165, 1.54) is 7.11 Å². The fourth-order valence-corrected chi connectivity index (χ4v) is 4.37. The van der Waals surface area contributed by atoms with Gasteiger partial charge in [-0.15, -0.1) is 0 Å². The fourth-order valence-electron chi connectivity index (χ4n) is 4.37. The number of likely N-dealkylation sites (N-methyl/N-ethyl adjacent to an activating group) is 1. The summed E-state index contributed by atoms with van der Waals surface area (Å²) < 4.78 is 5.03. The van der Waals surface area contributed by atoms with Crippen LogP contribution >= 0.6 is 0 Å². The molecule has 0 radical (unpaired) electrons. The first-order chi connectivity index (χ1) is 11.0. The molecule has 23 heavy (non-hydrogen) atoms. The van der Waals surface area contributed by atoms with Crippen LogP contribution in [0.25, 0.3) is 0 Å². The number of fused-ring (bicyclic) bond motifs is 2. The molecule has 3 rings (SSSR count). The zero-order chi connectivity index (χ0) is 16.8. The monoisotopic (exact) mass is 316 g/mol. The predicted molar refractivity (Wildman–Crippen MR) is 88.0 cm³/mol. The van der Waals surface area contributed by atoms with Crippen LogP contribution in [0.3, 0.4) is 0 Å². The standard InChI is InChI=1S/C18H24N2O3/c1-5-8-13-15(16(21)23-4)11(2)18(19-13)12-9-6-7-10-14(12)20(3)17(18)22/h6-7,9-11,13,15,19H,5,8H2,1-4H3/t11-,13-,15-,18-/m0/s1. The molecule has 0 saturated carbocycles. The minimum absolute atomic E-state index is 0.0127. The number of nitrogens with one attached hydrogen (secondary N) is 1. The lowest BCUT2D eigenvalue weighted by atomic mass is 9.76. The van der Waals surface area contributed by atoms with E-state index in [4.69, 9.17) is 4.74 Å². The van der Waals surface area contributed by atoms with Crippen molar-refractivity contribution in [2.75, 3.05) is 19.1 Å². The molecule has 1 N–H and O–H groups in total. The predicted octanol–water partition coefficient (Wildman–Crippen LogP) is 2.06. The van der Waals surface area contributed by atoms with Crippen molar-refractivity contribution in [3.05, 3.63) is 29.8 Å². The van der Waals surface area contributed by atoms with E-state index in [9.17, 15) is 9.59 Å². The Bertz CT molecular complexity index is 645. The van der Waals surface area contributed by atoms with Crippen molar-refractivity contribution in [1.29, 1.82) is 0 Å². The lowest BCUT2D eigenvalue weighted by Gasteiger charge is -2.29. The lowest BCUT2D eigenvalue weighted by Crippen LogP contribution is -2.51. The highest BCUT2D eigenvalue weighted by Crippen LogP contribution is 2.51. The number of methoxy groups -OCH3 is 1. The summed E-state index contributed by atoms with van der Waals surface area (Å²) in [5, 5.41) is 3.53. The number of ether oxygens (including phenoxy) is 1. The summed E-state index contributed by atoms with van der Waals surface area (Å²) in [6.07, 6.45) is 1.78. The summed E-state index contributed by atoms with van der Waals surface area (Å²) in [7, 11) is 3.21. The van der Waals surface area contributed by atoms with Crippen LogP contribution in [0.2, 0.25) is 0 Å². The first kappa shape index (κ1) is 16.0. The largest absolute Gasteiger partial charge is 0.469 e. The number of rotatable bonds is 3. The maximum absolute atomic E-state index is 13.1. The second kappa shape index (κ2) is 5.64. The summed E-state index contributed by atoms with van der Waals surface area (Å²) in [4.78, 5) is 27.2. The van der Waals surface area contributed by atoms with Gasteiger partial charge >= 0.3 is 5.97 Å². The molecule has 0 aromatic heterocycles. The Kier molecular flexibility index (Phi) is 3.92. The van der Waals surface area contributed by atoms with Crippen molar-refractivity contribution < 1.29 is 14.3 Å². The number of hydrogen-bond acceptors (Lipinski definition) is 4. The van der Waals surface area contributed by atoms with Gasteiger partial charge in [0.25, 0.3) is 5.91 Å². The van der Waals surface area contributed by atoms with Gasteiger partial charge in [0.1, 0.15) is 5.54 Å². The van der Waals surface area contributed by atoms with Crippen molar-refractivity contribution >= 4 is 17.6 Å². The Labute approximate surface area is 137 Å². The molecule has 5 nitrogen and oxygen atoms in total. The molecule has 5 heteroatoms. The lowest BCUT2D eigenvalue weighted by molar-refractivity contribution is -0.147. The van der Waals surface area contributed by atoms with Crippen LogP contribution in [0.15, 0.2) is 24.3 Å². The first-order valence-electron chi connectivity index (χ1n) is 8.22. The van der Waals surface area contributed by atoms with E-state index in [-0.39, 0.29) is 29.8 Å². The Morgan fingerprint density at radius 3 is 2.74 bits per heavy atom. The number of para-hydroxylation sites is 1. The van der Waals surface area contributed by atoms with E-state index in [1.807, 2.05) is 31.2 Å². The highest BCUT2D eigenvalue weighted by atomic mass is 16.5. The average Bonchev–Trinajstić information content (AvgIpc) is 2.96. The maximum Gasteiger partial charge on any atom is 0.310 e. The number of benzene rings is 1. The molecule has 2 aliphatic rings. The fraction of sp³-hybridized carbons (Fsp3) is 0.556. The average molecular weight is 316 g/mol. The van der Waals surface area contributed by atoms with E-state index in [0.717, 1.165) is 24.1 Å².